The fourth-order valence-electron chi connectivity index (χ4n) is 3.13. The third-order valence-corrected chi connectivity index (χ3v) is 4.64. The Morgan fingerprint density at radius 2 is 1.91 bits per heavy atom. The standard InChI is InChI=1S/C18H13BrN2O/c19-12-5-3-11(4-6-12)14-10-17(22)21-16-8-7-15-13(18(14)16)2-1-9-20-15/h1-9,14H,10H2,(H,21,22). The Bertz CT molecular complexity index is 874. The first-order valence-corrected chi connectivity index (χ1v) is 7.94. The smallest absolute Gasteiger partial charge is 0.225 e. The molecule has 0 radical (unpaired) electrons. The first-order chi connectivity index (χ1) is 10.7. The predicted octanol–water partition coefficient (Wildman–Crippen LogP) is 4.47. The number of hydrogen-bond acceptors (Lipinski definition) is 2. The molecule has 0 fully saturated rings. The second-order valence-corrected chi connectivity index (χ2v) is 6.37. The van der Waals surface area contributed by atoms with E-state index in [9.17, 15) is 4.79 Å². The number of fused-ring (bicyclic) bond motifs is 3. The van der Waals surface area contributed by atoms with Crippen LogP contribution in [0.5, 0.6) is 0 Å². The van der Waals surface area contributed by atoms with Crippen molar-refractivity contribution in [2.75, 3.05) is 5.32 Å². The zero-order chi connectivity index (χ0) is 15.1. The first-order valence-electron chi connectivity index (χ1n) is 7.15. The fourth-order valence-corrected chi connectivity index (χ4v) is 3.39. The Hall–Kier alpha value is -2.20. The van der Waals surface area contributed by atoms with Gasteiger partial charge < -0.3 is 5.32 Å². The minimum absolute atomic E-state index is 0.0589. The molecule has 0 spiro atoms. The molecule has 1 amide bonds. The topological polar surface area (TPSA) is 42.0 Å². The van der Waals surface area contributed by atoms with Gasteiger partial charge in [0, 0.05) is 34.1 Å². The molecule has 22 heavy (non-hydrogen) atoms. The number of nitrogens with zero attached hydrogens (tertiary/aromatic N) is 1. The van der Waals surface area contributed by atoms with E-state index in [-0.39, 0.29) is 11.8 Å². The van der Waals surface area contributed by atoms with Gasteiger partial charge in [-0.05, 0) is 41.5 Å². The molecular formula is C18H13BrN2O. The zero-order valence-corrected chi connectivity index (χ0v) is 13.3. The summed E-state index contributed by atoms with van der Waals surface area (Å²) in [6.07, 6.45) is 2.26. The Balaban J connectivity index is 1.97. The molecule has 2 heterocycles. The van der Waals surface area contributed by atoms with Crippen LogP contribution in [0.15, 0.2) is 59.2 Å². The van der Waals surface area contributed by atoms with Crippen LogP contribution < -0.4 is 5.32 Å². The highest BCUT2D eigenvalue weighted by Gasteiger charge is 2.28. The van der Waals surface area contributed by atoms with Gasteiger partial charge in [-0.2, -0.15) is 0 Å². The number of carbonyl (C=O) groups is 1. The zero-order valence-electron chi connectivity index (χ0n) is 11.7. The number of hydrogen-bond donors (Lipinski definition) is 1. The molecular weight excluding hydrogens is 340 g/mol. The summed E-state index contributed by atoms with van der Waals surface area (Å²) >= 11 is 3.46. The van der Waals surface area contributed by atoms with Gasteiger partial charge >= 0.3 is 0 Å². The Morgan fingerprint density at radius 3 is 2.73 bits per heavy atom. The van der Waals surface area contributed by atoms with Crippen molar-refractivity contribution in [1.82, 2.24) is 4.98 Å². The number of rotatable bonds is 1. The molecule has 4 heteroatoms. The van der Waals surface area contributed by atoms with Gasteiger partial charge in [0.1, 0.15) is 0 Å². The molecule has 0 saturated heterocycles. The third-order valence-electron chi connectivity index (χ3n) is 4.11. The van der Waals surface area contributed by atoms with Crippen molar-refractivity contribution in [3.05, 3.63) is 70.3 Å². The number of carbonyl (C=O) groups excluding carboxylic acids is 1. The van der Waals surface area contributed by atoms with E-state index in [1.165, 1.54) is 0 Å². The monoisotopic (exact) mass is 352 g/mol. The lowest BCUT2D eigenvalue weighted by Crippen LogP contribution is -2.23. The van der Waals surface area contributed by atoms with E-state index < -0.39 is 0 Å². The van der Waals surface area contributed by atoms with Crippen LogP contribution in [0.4, 0.5) is 5.69 Å². The number of nitrogens with one attached hydrogen (secondary N) is 1. The Labute approximate surface area is 136 Å². The first kappa shape index (κ1) is 13.5. The molecule has 0 saturated carbocycles. The average Bonchev–Trinajstić information content (AvgIpc) is 2.54. The summed E-state index contributed by atoms with van der Waals surface area (Å²) in [5, 5.41) is 4.09. The highest BCUT2D eigenvalue weighted by molar-refractivity contribution is 9.10. The normalized spacial score (nSPS) is 17.1. The molecule has 2 aromatic carbocycles. The lowest BCUT2D eigenvalue weighted by Gasteiger charge is -2.27. The maximum Gasteiger partial charge on any atom is 0.225 e. The molecule has 1 unspecified atom stereocenters. The molecule has 1 atom stereocenters. The summed E-state index contributed by atoms with van der Waals surface area (Å²) in [4.78, 5) is 16.5. The van der Waals surface area contributed by atoms with Gasteiger partial charge in [-0.15, -0.1) is 0 Å². The van der Waals surface area contributed by atoms with Crippen LogP contribution in [0, 0.1) is 0 Å². The maximum atomic E-state index is 12.1. The SMILES string of the molecule is O=C1CC(c2ccc(Br)cc2)c2c(ccc3ncccc23)N1. The summed E-state index contributed by atoms with van der Waals surface area (Å²) in [5.74, 6) is 0.119. The van der Waals surface area contributed by atoms with Gasteiger partial charge in [0.05, 0.1) is 5.52 Å². The van der Waals surface area contributed by atoms with E-state index in [0.29, 0.717) is 6.42 Å². The number of aromatic nitrogens is 1. The molecule has 1 aliphatic heterocycles. The van der Waals surface area contributed by atoms with Crippen molar-refractivity contribution in [2.45, 2.75) is 12.3 Å². The van der Waals surface area contributed by atoms with E-state index in [0.717, 1.165) is 32.2 Å². The Morgan fingerprint density at radius 1 is 1.09 bits per heavy atom. The van der Waals surface area contributed by atoms with Gasteiger partial charge in [-0.25, -0.2) is 0 Å². The van der Waals surface area contributed by atoms with Gasteiger partial charge in [-0.3, -0.25) is 9.78 Å². The quantitative estimate of drug-likeness (QED) is 0.701. The number of anilines is 1. The van der Waals surface area contributed by atoms with Crippen molar-refractivity contribution in [2.24, 2.45) is 0 Å². The molecule has 0 aliphatic carbocycles. The van der Waals surface area contributed by atoms with E-state index in [1.807, 2.05) is 30.3 Å². The van der Waals surface area contributed by atoms with Crippen molar-refractivity contribution in [1.29, 1.82) is 0 Å². The highest BCUT2D eigenvalue weighted by atomic mass is 79.9. The Kier molecular flexibility index (Phi) is 3.19. The van der Waals surface area contributed by atoms with Crippen LogP contribution in [0.1, 0.15) is 23.5 Å². The molecule has 108 valence electrons. The molecule has 3 nitrogen and oxygen atoms in total. The minimum atomic E-state index is 0.0589. The second kappa shape index (κ2) is 5.21. The largest absolute Gasteiger partial charge is 0.326 e. The summed E-state index contributed by atoms with van der Waals surface area (Å²) in [6, 6.07) is 16.1. The maximum absolute atomic E-state index is 12.1. The molecule has 3 aromatic rings. The van der Waals surface area contributed by atoms with E-state index in [2.05, 4.69) is 44.4 Å². The van der Waals surface area contributed by atoms with Crippen LogP contribution in [0.25, 0.3) is 10.9 Å². The summed E-state index contributed by atoms with van der Waals surface area (Å²) < 4.78 is 1.04. The lowest BCUT2D eigenvalue weighted by molar-refractivity contribution is -0.116. The third kappa shape index (κ3) is 2.20. The minimum Gasteiger partial charge on any atom is -0.326 e. The van der Waals surface area contributed by atoms with Crippen molar-refractivity contribution in [3.63, 3.8) is 0 Å². The fraction of sp³-hybridized carbons (Fsp3) is 0.111. The average molecular weight is 353 g/mol. The number of halogens is 1. The number of benzene rings is 2. The van der Waals surface area contributed by atoms with Crippen LogP contribution >= 0.6 is 15.9 Å². The van der Waals surface area contributed by atoms with Crippen molar-refractivity contribution in [3.8, 4) is 0 Å². The van der Waals surface area contributed by atoms with Gasteiger partial charge in [-0.1, -0.05) is 34.1 Å². The highest BCUT2D eigenvalue weighted by Crippen LogP contribution is 2.41. The van der Waals surface area contributed by atoms with Crippen LogP contribution in [0.2, 0.25) is 0 Å². The van der Waals surface area contributed by atoms with Gasteiger partial charge in [0.15, 0.2) is 0 Å². The van der Waals surface area contributed by atoms with Crippen molar-refractivity contribution >= 4 is 38.4 Å². The molecule has 0 bridgehead atoms. The van der Waals surface area contributed by atoms with Crippen molar-refractivity contribution < 1.29 is 4.79 Å². The summed E-state index contributed by atoms with van der Waals surface area (Å²) in [7, 11) is 0. The van der Waals surface area contributed by atoms with Crippen LogP contribution in [-0.4, -0.2) is 10.9 Å². The van der Waals surface area contributed by atoms with Crippen LogP contribution in [0.3, 0.4) is 0 Å². The molecule has 1 N–H and O–H groups in total. The predicted molar refractivity (Wildman–Crippen MR) is 91.0 cm³/mol. The number of pyridine rings is 1. The summed E-state index contributed by atoms with van der Waals surface area (Å²) in [6.45, 7) is 0. The molecule has 4 rings (SSSR count). The second-order valence-electron chi connectivity index (χ2n) is 5.45. The molecule has 1 aromatic heterocycles. The van der Waals surface area contributed by atoms with E-state index in [1.54, 1.807) is 6.20 Å². The lowest BCUT2D eigenvalue weighted by atomic mass is 9.83. The van der Waals surface area contributed by atoms with Crippen LogP contribution in [-0.2, 0) is 4.79 Å². The van der Waals surface area contributed by atoms with E-state index in [4.69, 9.17) is 0 Å². The van der Waals surface area contributed by atoms with E-state index >= 15 is 0 Å². The van der Waals surface area contributed by atoms with Gasteiger partial charge in [0.2, 0.25) is 5.91 Å². The van der Waals surface area contributed by atoms with Gasteiger partial charge in [0.25, 0.3) is 0 Å². The number of amides is 1. The summed E-state index contributed by atoms with van der Waals surface area (Å²) in [5.41, 5.74) is 4.16. The molecule has 1 aliphatic rings.